The summed E-state index contributed by atoms with van der Waals surface area (Å²) < 4.78 is 0. The Hall–Kier alpha value is -3.28. The first kappa shape index (κ1) is 20.1. The third-order valence-electron chi connectivity index (χ3n) is 7.76. The van der Waals surface area contributed by atoms with Gasteiger partial charge in [-0.25, -0.2) is 0 Å². The minimum Gasteiger partial charge on any atom is -0.342 e. The first-order valence-electron chi connectivity index (χ1n) is 13.0. The number of fused-ring (bicyclic) bond motifs is 4. The van der Waals surface area contributed by atoms with Crippen LogP contribution in [0.25, 0.3) is 21.5 Å². The standard InChI is InChI=1S/C28H32N6/c1-2-10-22-21(9-1)25(33-19-7-17-31-15-5-13-29-27(31)33)23-11-3-4-12-24(23)26(22)34-20-8-18-32-16-6-14-30-28(32)34/h1-4,9-12H,5-8,13-20H2. The zero-order chi connectivity index (χ0) is 22.5. The van der Waals surface area contributed by atoms with Gasteiger partial charge in [-0.2, -0.15) is 0 Å². The van der Waals surface area contributed by atoms with Gasteiger partial charge in [0.25, 0.3) is 0 Å². The van der Waals surface area contributed by atoms with Crippen LogP contribution in [0.5, 0.6) is 0 Å². The van der Waals surface area contributed by atoms with Gasteiger partial charge in [0.05, 0.1) is 11.4 Å². The van der Waals surface area contributed by atoms with E-state index < -0.39 is 0 Å². The summed E-state index contributed by atoms with van der Waals surface area (Å²) in [6, 6.07) is 18.0. The quantitative estimate of drug-likeness (QED) is 0.535. The van der Waals surface area contributed by atoms with Crippen molar-refractivity contribution in [2.45, 2.75) is 25.7 Å². The maximum atomic E-state index is 5.02. The SMILES string of the molecule is c1ccc2c(N3CCCN4CCCN=C43)c3ccccc3c(N3CCCN4CCCN=C43)c2c1. The molecule has 2 fully saturated rings. The van der Waals surface area contributed by atoms with E-state index >= 15 is 0 Å². The molecule has 0 amide bonds. The molecule has 3 aromatic rings. The summed E-state index contributed by atoms with van der Waals surface area (Å²) in [6.07, 6.45) is 4.65. The van der Waals surface area contributed by atoms with Gasteiger partial charge in [0.2, 0.25) is 11.9 Å². The zero-order valence-corrected chi connectivity index (χ0v) is 19.8. The summed E-state index contributed by atoms with van der Waals surface area (Å²) in [4.78, 5) is 20.0. The van der Waals surface area contributed by atoms with Crippen LogP contribution in [0.2, 0.25) is 0 Å². The molecule has 4 aliphatic heterocycles. The minimum atomic E-state index is 0.930. The second-order valence-electron chi connectivity index (χ2n) is 9.84. The molecule has 0 aliphatic carbocycles. The highest BCUT2D eigenvalue weighted by Crippen LogP contribution is 2.45. The molecule has 0 radical (unpaired) electrons. The summed E-state index contributed by atoms with van der Waals surface area (Å²) in [6.45, 7) is 8.37. The molecule has 2 saturated heterocycles. The van der Waals surface area contributed by atoms with Gasteiger partial charge in [-0.3, -0.25) is 9.98 Å². The number of guanidine groups is 2. The number of hydrogen-bond donors (Lipinski definition) is 0. The van der Waals surface area contributed by atoms with E-state index in [2.05, 4.69) is 68.1 Å². The first-order chi connectivity index (χ1) is 16.9. The van der Waals surface area contributed by atoms with E-state index in [0.717, 1.165) is 65.2 Å². The maximum absolute atomic E-state index is 5.02. The van der Waals surface area contributed by atoms with Gasteiger partial charge in [0.15, 0.2) is 0 Å². The molecule has 0 N–H and O–H groups in total. The van der Waals surface area contributed by atoms with E-state index in [1.807, 2.05) is 0 Å². The summed E-state index contributed by atoms with van der Waals surface area (Å²) in [5.74, 6) is 2.34. The Labute approximate surface area is 201 Å². The molecular weight excluding hydrogens is 420 g/mol. The van der Waals surface area contributed by atoms with Crippen molar-refractivity contribution >= 4 is 44.8 Å². The highest BCUT2D eigenvalue weighted by atomic mass is 15.4. The van der Waals surface area contributed by atoms with Crippen LogP contribution in [0.1, 0.15) is 25.7 Å². The second kappa shape index (κ2) is 8.19. The fourth-order valence-electron chi connectivity index (χ4n) is 6.34. The largest absolute Gasteiger partial charge is 0.342 e. The molecule has 0 unspecified atom stereocenters. The number of nitrogens with zero attached hydrogens (tertiary/aromatic N) is 6. The van der Waals surface area contributed by atoms with Crippen molar-refractivity contribution in [3.63, 3.8) is 0 Å². The lowest BCUT2D eigenvalue weighted by Gasteiger charge is -2.43. The van der Waals surface area contributed by atoms with Crippen molar-refractivity contribution in [3.8, 4) is 0 Å². The van der Waals surface area contributed by atoms with Gasteiger partial charge < -0.3 is 19.6 Å². The third kappa shape index (κ3) is 3.07. The van der Waals surface area contributed by atoms with Crippen molar-refractivity contribution in [2.75, 3.05) is 62.2 Å². The molecule has 0 spiro atoms. The van der Waals surface area contributed by atoms with E-state index in [0.29, 0.717) is 0 Å². The number of aliphatic imine (C=N–C) groups is 2. The lowest BCUT2D eigenvalue weighted by molar-refractivity contribution is 0.360. The van der Waals surface area contributed by atoms with Crippen LogP contribution in [0.4, 0.5) is 11.4 Å². The van der Waals surface area contributed by atoms with E-state index in [1.165, 1.54) is 57.7 Å². The molecule has 174 valence electrons. The Morgan fingerprint density at radius 3 is 1.26 bits per heavy atom. The van der Waals surface area contributed by atoms with Gasteiger partial charge in [-0.1, -0.05) is 48.5 Å². The Balaban J connectivity index is 1.50. The average molecular weight is 453 g/mol. The highest BCUT2D eigenvalue weighted by Gasteiger charge is 2.32. The second-order valence-corrected chi connectivity index (χ2v) is 9.84. The molecule has 34 heavy (non-hydrogen) atoms. The predicted molar refractivity (Wildman–Crippen MR) is 142 cm³/mol. The topological polar surface area (TPSA) is 37.7 Å². The molecule has 6 heteroatoms. The summed E-state index contributed by atoms with van der Waals surface area (Å²) >= 11 is 0. The molecule has 6 nitrogen and oxygen atoms in total. The summed E-state index contributed by atoms with van der Waals surface area (Å²) in [5.41, 5.74) is 2.64. The minimum absolute atomic E-state index is 0.930. The lowest BCUT2D eigenvalue weighted by Crippen LogP contribution is -2.53. The Bertz CT molecular complexity index is 1150. The zero-order valence-electron chi connectivity index (χ0n) is 19.8. The highest BCUT2D eigenvalue weighted by molar-refractivity contribution is 6.25. The monoisotopic (exact) mass is 452 g/mol. The molecule has 0 bridgehead atoms. The van der Waals surface area contributed by atoms with Crippen molar-refractivity contribution in [1.82, 2.24) is 9.80 Å². The van der Waals surface area contributed by atoms with E-state index in [-0.39, 0.29) is 0 Å². The third-order valence-corrected chi connectivity index (χ3v) is 7.76. The van der Waals surface area contributed by atoms with Crippen LogP contribution < -0.4 is 9.80 Å². The maximum Gasteiger partial charge on any atom is 0.201 e. The van der Waals surface area contributed by atoms with E-state index in [1.54, 1.807) is 0 Å². The Morgan fingerprint density at radius 2 is 0.853 bits per heavy atom. The van der Waals surface area contributed by atoms with Crippen molar-refractivity contribution in [1.29, 1.82) is 0 Å². The van der Waals surface area contributed by atoms with Gasteiger partial charge in [0.1, 0.15) is 0 Å². The predicted octanol–water partition coefficient (Wildman–Crippen LogP) is 4.54. The van der Waals surface area contributed by atoms with Crippen molar-refractivity contribution in [3.05, 3.63) is 48.5 Å². The van der Waals surface area contributed by atoms with Crippen LogP contribution in [0, 0.1) is 0 Å². The Kier molecular flexibility index (Phi) is 4.85. The molecule has 3 aromatic carbocycles. The summed E-state index contributed by atoms with van der Waals surface area (Å²) in [7, 11) is 0. The van der Waals surface area contributed by atoms with E-state index in [4.69, 9.17) is 9.98 Å². The summed E-state index contributed by atoms with van der Waals surface area (Å²) in [5, 5.41) is 5.28. The number of benzene rings is 3. The molecule has 4 aliphatic rings. The average Bonchev–Trinajstić information content (AvgIpc) is 2.91. The molecule has 0 atom stereocenters. The van der Waals surface area contributed by atoms with Crippen LogP contribution in [0.15, 0.2) is 58.5 Å². The van der Waals surface area contributed by atoms with Gasteiger partial charge in [0, 0.05) is 73.9 Å². The van der Waals surface area contributed by atoms with Gasteiger partial charge in [-0.15, -0.1) is 0 Å². The van der Waals surface area contributed by atoms with Gasteiger partial charge >= 0.3 is 0 Å². The molecule has 7 rings (SSSR count). The van der Waals surface area contributed by atoms with E-state index in [9.17, 15) is 0 Å². The fourth-order valence-corrected chi connectivity index (χ4v) is 6.34. The smallest absolute Gasteiger partial charge is 0.201 e. The first-order valence-corrected chi connectivity index (χ1v) is 13.0. The van der Waals surface area contributed by atoms with Crippen LogP contribution in [-0.4, -0.2) is 74.1 Å². The normalized spacial score (nSPS) is 20.8. The van der Waals surface area contributed by atoms with Crippen LogP contribution in [-0.2, 0) is 0 Å². The van der Waals surface area contributed by atoms with Crippen molar-refractivity contribution in [2.24, 2.45) is 9.98 Å². The molecular formula is C28H32N6. The number of anilines is 2. The van der Waals surface area contributed by atoms with Crippen LogP contribution >= 0.6 is 0 Å². The fraction of sp³-hybridized carbons (Fsp3) is 0.429. The molecule has 4 heterocycles. The number of hydrogen-bond acceptors (Lipinski definition) is 6. The van der Waals surface area contributed by atoms with Gasteiger partial charge in [-0.05, 0) is 25.7 Å². The molecule has 0 aromatic heterocycles. The van der Waals surface area contributed by atoms with Crippen LogP contribution in [0.3, 0.4) is 0 Å². The lowest BCUT2D eigenvalue weighted by atomic mass is 9.96. The Morgan fingerprint density at radius 1 is 0.471 bits per heavy atom. The molecule has 0 saturated carbocycles. The number of rotatable bonds is 2. The van der Waals surface area contributed by atoms with Crippen molar-refractivity contribution < 1.29 is 0 Å².